The van der Waals surface area contributed by atoms with Gasteiger partial charge in [-0.25, -0.2) is 5.26 Å². The third-order valence-corrected chi connectivity index (χ3v) is 3.09. The first-order chi connectivity index (χ1) is 9.78. The normalized spacial score (nSPS) is 11.4. The molecule has 1 unspecified atom stereocenters. The van der Waals surface area contributed by atoms with E-state index in [1.807, 2.05) is 49.4 Å². The zero-order chi connectivity index (χ0) is 14.2. The van der Waals surface area contributed by atoms with Crippen LogP contribution in [0.3, 0.4) is 0 Å². The number of ether oxygens (including phenoxy) is 1. The van der Waals surface area contributed by atoms with Gasteiger partial charge in [0.05, 0.1) is 0 Å². The van der Waals surface area contributed by atoms with Gasteiger partial charge in [0.1, 0.15) is 12.4 Å². The maximum Gasteiger partial charge on any atom is 0.258 e. The molecule has 0 fully saturated rings. The highest BCUT2D eigenvalue weighted by molar-refractivity contribution is 6.46. The van der Waals surface area contributed by atoms with E-state index in [9.17, 15) is 0 Å². The lowest BCUT2D eigenvalue weighted by molar-refractivity contribution is 0.306. The van der Waals surface area contributed by atoms with Gasteiger partial charge in [0.2, 0.25) is 0 Å². The largest absolute Gasteiger partial charge is 0.489 e. The summed E-state index contributed by atoms with van der Waals surface area (Å²) in [5.41, 5.74) is 2.38. The number of hydrogen-bond donors (Lipinski definition) is 0. The van der Waals surface area contributed by atoms with Crippen LogP contribution in [0, 0.1) is 11.2 Å². The molecule has 1 radical (unpaired) electrons. The first-order valence-corrected chi connectivity index (χ1v) is 6.76. The van der Waals surface area contributed by atoms with E-state index in [2.05, 4.69) is 18.1 Å². The SMILES string of the molecule is CC([B]C#N)Cc1ccc(OCc2ccccc2)cc1. The highest BCUT2D eigenvalue weighted by Crippen LogP contribution is 2.17. The van der Waals surface area contributed by atoms with Crippen LogP contribution in [0.4, 0.5) is 0 Å². The Morgan fingerprint density at radius 3 is 2.40 bits per heavy atom. The number of rotatable bonds is 6. The molecule has 0 aliphatic carbocycles. The Kier molecular flexibility index (Phi) is 5.26. The van der Waals surface area contributed by atoms with Crippen molar-refractivity contribution in [1.29, 1.82) is 5.26 Å². The van der Waals surface area contributed by atoms with Gasteiger partial charge < -0.3 is 4.74 Å². The molecule has 99 valence electrons. The molecule has 2 nitrogen and oxygen atoms in total. The predicted octanol–water partition coefficient (Wildman–Crippen LogP) is 3.80. The highest BCUT2D eigenvalue weighted by atomic mass is 16.5. The summed E-state index contributed by atoms with van der Waals surface area (Å²) in [5.74, 6) is 3.23. The van der Waals surface area contributed by atoms with E-state index < -0.39 is 0 Å². The fourth-order valence-corrected chi connectivity index (χ4v) is 2.02. The predicted molar refractivity (Wildman–Crippen MR) is 81.7 cm³/mol. The summed E-state index contributed by atoms with van der Waals surface area (Å²) in [5, 5.41) is 8.61. The van der Waals surface area contributed by atoms with Gasteiger partial charge in [-0.15, -0.1) is 0 Å². The zero-order valence-corrected chi connectivity index (χ0v) is 11.6. The minimum absolute atomic E-state index is 0.274. The van der Waals surface area contributed by atoms with E-state index in [4.69, 9.17) is 10.00 Å². The lowest BCUT2D eigenvalue weighted by Crippen LogP contribution is -2.01. The second-order valence-corrected chi connectivity index (χ2v) is 4.90. The van der Waals surface area contributed by atoms with Crippen LogP contribution in [0.15, 0.2) is 54.6 Å². The Hall–Kier alpha value is -2.21. The molecule has 0 aliphatic rings. The van der Waals surface area contributed by atoms with E-state index in [0.717, 1.165) is 17.7 Å². The first kappa shape index (κ1) is 14.2. The molecule has 0 N–H and O–H groups in total. The molecule has 0 amide bonds. The lowest BCUT2D eigenvalue weighted by atomic mass is 9.65. The van der Waals surface area contributed by atoms with Crippen molar-refractivity contribution in [1.82, 2.24) is 0 Å². The molecule has 0 bridgehead atoms. The van der Waals surface area contributed by atoms with E-state index in [-0.39, 0.29) is 5.82 Å². The summed E-state index contributed by atoms with van der Waals surface area (Å²) in [6, 6.07) is 18.2. The molecule has 2 aromatic rings. The van der Waals surface area contributed by atoms with Crippen molar-refractivity contribution in [2.75, 3.05) is 0 Å². The fourth-order valence-electron chi connectivity index (χ4n) is 2.02. The van der Waals surface area contributed by atoms with Crippen molar-refractivity contribution < 1.29 is 4.74 Å². The first-order valence-electron chi connectivity index (χ1n) is 6.76. The average Bonchev–Trinajstić information content (AvgIpc) is 2.48. The topological polar surface area (TPSA) is 33.0 Å². The van der Waals surface area contributed by atoms with Crippen LogP contribution < -0.4 is 4.74 Å². The standard InChI is InChI=1S/C17H17BNO/c1-14(18-13-19)11-15-7-9-17(10-8-15)20-12-16-5-3-2-4-6-16/h2-10,14H,11-12H2,1H3. The Balaban J connectivity index is 1.87. The summed E-state index contributed by atoms with van der Waals surface area (Å²) in [6.07, 6.45) is 0.881. The number of benzene rings is 2. The molecule has 20 heavy (non-hydrogen) atoms. The van der Waals surface area contributed by atoms with Gasteiger partial charge in [0.25, 0.3) is 7.28 Å². The van der Waals surface area contributed by atoms with Crippen molar-refractivity contribution in [3.05, 3.63) is 65.7 Å². The molecule has 2 rings (SSSR count). The summed E-state index contributed by atoms with van der Waals surface area (Å²) in [7, 11) is 1.67. The molecule has 2 aromatic carbocycles. The second kappa shape index (κ2) is 7.40. The second-order valence-electron chi connectivity index (χ2n) is 4.90. The molecule has 0 spiro atoms. The van der Waals surface area contributed by atoms with Gasteiger partial charge in [-0.2, -0.15) is 0 Å². The van der Waals surface area contributed by atoms with Crippen molar-refractivity contribution in [3.8, 4) is 11.7 Å². The van der Waals surface area contributed by atoms with E-state index in [1.165, 1.54) is 5.56 Å². The van der Waals surface area contributed by atoms with E-state index in [0.29, 0.717) is 6.61 Å². The summed E-state index contributed by atoms with van der Waals surface area (Å²) >= 11 is 0. The molecule has 0 saturated heterocycles. The van der Waals surface area contributed by atoms with Crippen LogP contribution in [0.5, 0.6) is 5.75 Å². The molecule has 3 heteroatoms. The van der Waals surface area contributed by atoms with Crippen LogP contribution in [0.2, 0.25) is 5.82 Å². The zero-order valence-electron chi connectivity index (χ0n) is 11.6. The molecule has 0 saturated carbocycles. The Morgan fingerprint density at radius 2 is 1.75 bits per heavy atom. The van der Waals surface area contributed by atoms with Gasteiger partial charge in [-0.05, 0) is 35.6 Å². The molecule has 0 heterocycles. The van der Waals surface area contributed by atoms with Gasteiger partial charge >= 0.3 is 0 Å². The van der Waals surface area contributed by atoms with Crippen LogP contribution in [-0.4, -0.2) is 7.28 Å². The van der Waals surface area contributed by atoms with Gasteiger partial charge in [-0.3, -0.25) is 0 Å². The van der Waals surface area contributed by atoms with Crippen LogP contribution in [-0.2, 0) is 13.0 Å². The maximum absolute atomic E-state index is 8.61. The smallest absolute Gasteiger partial charge is 0.258 e. The van der Waals surface area contributed by atoms with E-state index in [1.54, 1.807) is 7.28 Å². The van der Waals surface area contributed by atoms with Crippen LogP contribution in [0.1, 0.15) is 18.1 Å². The maximum atomic E-state index is 8.61. The molecule has 0 aliphatic heterocycles. The van der Waals surface area contributed by atoms with Gasteiger partial charge in [0, 0.05) is 0 Å². The Labute approximate surface area is 121 Å². The monoisotopic (exact) mass is 262 g/mol. The fraction of sp³-hybridized carbons (Fsp3) is 0.235. The number of nitrogens with zero attached hydrogens (tertiary/aromatic N) is 1. The van der Waals surface area contributed by atoms with Crippen LogP contribution >= 0.6 is 0 Å². The molecular weight excluding hydrogens is 245 g/mol. The van der Waals surface area contributed by atoms with Gasteiger partial charge in [-0.1, -0.05) is 55.2 Å². The lowest BCUT2D eigenvalue weighted by Gasteiger charge is -2.09. The Morgan fingerprint density at radius 1 is 1.05 bits per heavy atom. The Bertz CT molecular complexity index is 560. The van der Waals surface area contributed by atoms with Crippen molar-refractivity contribution in [2.45, 2.75) is 25.8 Å². The minimum Gasteiger partial charge on any atom is -0.489 e. The summed E-state index contributed by atoms with van der Waals surface area (Å²) in [4.78, 5) is 0. The highest BCUT2D eigenvalue weighted by Gasteiger charge is 2.05. The summed E-state index contributed by atoms with van der Waals surface area (Å²) in [6.45, 7) is 2.63. The van der Waals surface area contributed by atoms with Crippen molar-refractivity contribution in [2.24, 2.45) is 0 Å². The molecule has 1 atom stereocenters. The molecular formula is C17H17BNO. The van der Waals surface area contributed by atoms with Crippen LogP contribution in [0.25, 0.3) is 0 Å². The molecule has 0 aromatic heterocycles. The third kappa shape index (κ3) is 4.48. The van der Waals surface area contributed by atoms with E-state index >= 15 is 0 Å². The summed E-state index contributed by atoms with van der Waals surface area (Å²) < 4.78 is 5.74. The number of hydrogen-bond acceptors (Lipinski definition) is 2. The number of nitriles is 1. The quantitative estimate of drug-likeness (QED) is 0.742. The minimum atomic E-state index is 0.274. The van der Waals surface area contributed by atoms with Crippen molar-refractivity contribution >= 4 is 7.28 Å². The third-order valence-electron chi connectivity index (χ3n) is 3.09. The van der Waals surface area contributed by atoms with Gasteiger partial charge in [0.15, 0.2) is 0 Å². The van der Waals surface area contributed by atoms with Crippen molar-refractivity contribution in [3.63, 3.8) is 0 Å². The average molecular weight is 262 g/mol.